The molecule has 1 unspecified atom stereocenters. The number of hydrogen-bond acceptors (Lipinski definition) is 4. The summed E-state index contributed by atoms with van der Waals surface area (Å²) in [5, 5.41) is 22.3. The smallest absolute Gasteiger partial charge is 0.103 e. The maximum Gasteiger partial charge on any atom is 0.103 e. The molecule has 1 aromatic rings. The third kappa shape index (κ3) is 4.88. The molecular weight excluding hydrogens is 238 g/mol. The molecule has 1 heterocycles. The van der Waals surface area contributed by atoms with E-state index in [4.69, 9.17) is 5.26 Å². The second-order valence-electron chi connectivity index (χ2n) is 6.18. The second-order valence-corrected chi connectivity index (χ2v) is 6.18. The summed E-state index contributed by atoms with van der Waals surface area (Å²) < 4.78 is 0. The van der Waals surface area contributed by atoms with Crippen molar-refractivity contribution in [1.82, 2.24) is 4.98 Å². The molecule has 0 amide bonds. The van der Waals surface area contributed by atoms with E-state index in [-0.39, 0.29) is 5.41 Å². The van der Waals surface area contributed by atoms with Crippen molar-refractivity contribution in [2.45, 2.75) is 47.1 Å². The van der Waals surface area contributed by atoms with Gasteiger partial charge in [-0.25, -0.2) is 0 Å². The first-order valence-electron chi connectivity index (χ1n) is 6.53. The molecule has 0 spiro atoms. The van der Waals surface area contributed by atoms with Crippen LogP contribution in [0.2, 0.25) is 0 Å². The predicted octanol–water partition coefficient (Wildman–Crippen LogP) is 2.78. The minimum atomic E-state index is -0.430. The highest BCUT2D eigenvalue weighted by Gasteiger charge is 2.17. The molecule has 0 aliphatic carbocycles. The highest BCUT2D eigenvalue weighted by atomic mass is 16.3. The van der Waals surface area contributed by atoms with Gasteiger partial charge in [0.1, 0.15) is 6.07 Å². The van der Waals surface area contributed by atoms with Crippen LogP contribution >= 0.6 is 0 Å². The molecule has 4 heteroatoms. The molecule has 1 rings (SSSR count). The molecule has 0 aliphatic heterocycles. The van der Waals surface area contributed by atoms with Crippen LogP contribution < -0.4 is 5.32 Å². The van der Waals surface area contributed by atoms with Crippen LogP contribution in [0.25, 0.3) is 0 Å². The fourth-order valence-corrected chi connectivity index (χ4v) is 2.12. The zero-order chi connectivity index (χ0) is 14.6. The minimum absolute atomic E-state index is 0.0865. The molecule has 0 saturated carbocycles. The summed E-state index contributed by atoms with van der Waals surface area (Å²) >= 11 is 0. The number of aliphatic hydroxyl groups excluding tert-OH is 1. The zero-order valence-electron chi connectivity index (χ0n) is 12.4. The van der Waals surface area contributed by atoms with E-state index in [1.54, 1.807) is 0 Å². The number of pyridine rings is 1. The van der Waals surface area contributed by atoms with Crippen LogP contribution in [0, 0.1) is 30.6 Å². The molecule has 0 aliphatic rings. The number of nitriles is 1. The molecule has 19 heavy (non-hydrogen) atoms. The summed E-state index contributed by atoms with van der Waals surface area (Å²) in [6, 6.07) is 4.00. The third-order valence-corrected chi connectivity index (χ3v) is 2.82. The van der Waals surface area contributed by atoms with Gasteiger partial charge in [0, 0.05) is 12.2 Å². The molecule has 1 atom stereocenters. The molecule has 2 N–H and O–H groups in total. The summed E-state index contributed by atoms with van der Waals surface area (Å²) in [6.07, 6.45) is 0.283. The standard InChI is InChI=1S/C15H23N3O/c1-10-6-14(13(8-16)11(2)18-10)17-9-12(19)7-15(3,4)5/h6,12,19H,7,9H2,1-5H3,(H,17,18). The lowest BCUT2D eigenvalue weighted by molar-refractivity contribution is 0.132. The van der Waals surface area contributed by atoms with E-state index in [1.165, 1.54) is 0 Å². The van der Waals surface area contributed by atoms with E-state index in [0.717, 1.165) is 17.1 Å². The van der Waals surface area contributed by atoms with Gasteiger partial charge < -0.3 is 10.4 Å². The number of rotatable bonds is 4. The Morgan fingerprint density at radius 1 is 1.42 bits per heavy atom. The Hall–Kier alpha value is -1.60. The van der Waals surface area contributed by atoms with Crippen LogP contribution in [0.3, 0.4) is 0 Å². The van der Waals surface area contributed by atoms with Crippen molar-refractivity contribution in [2.24, 2.45) is 5.41 Å². The number of aryl methyl sites for hydroxylation is 2. The molecule has 0 fully saturated rings. The molecule has 0 saturated heterocycles. The van der Waals surface area contributed by atoms with Crippen LogP contribution in [0.15, 0.2) is 6.07 Å². The van der Waals surface area contributed by atoms with E-state index in [2.05, 4.69) is 37.1 Å². The van der Waals surface area contributed by atoms with Gasteiger partial charge in [-0.3, -0.25) is 4.98 Å². The Morgan fingerprint density at radius 3 is 2.58 bits per heavy atom. The first kappa shape index (κ1) is 15.5. The van der Waals surface area contributed by atoms with Gasteiger partial charge in [0.05, 0.1) is 23.0 Å². The summed E-state index contributed by atoms with van der Waals surface area (Å²) in [5.41, 5.74) is 2.97. The molecule has 0 bridgehead atoms. The van der Waals surface area contributed by atoms with Crippen molar-refractivity contribution in [3.8, 4) is 6.07 Å². The molecule has 0 aromatic carbocycles. The monoisotopic (exact) mass is 261 g/mol. The molecule has 0 radical (unpaired) electrons. The lowest BCUT2D eigenvalue weighted by Gasteiger charge is -2.23. The predicted molar refractivity (Wildman–Crippen MR) is 77.0 cm³/mol. The average molecular weight is 261 g/mol. The first-order chi connectivity index (χ1) is 8.73. The highest BCUT2D eigenvalue weighted by Crippen LogP contribution is 2.22. The highest BCUT2D eigenvalue weighted by molar-refractivity contribution is 5.59. The number of anilines is 1. The Labute approximate surface area is 115 Å². The SMILES string of the molecule is Cc1cc(NCC(O)CC(C)(C)C)c(C#N)c(C)n1. The number of aliphatic hydroxyl groups is 1. The van der Waals surface area contributed by atoms with Crippen LogP contribution in [-0.2, 0) is 0 Å². The summed E-state index contributed by atoms with van der Waals surface area (Å²) in [5.74, 6) is 0. The van der Waals surface area contributed by atoms with Crippen molar-refractivity contribution in [2.75, 3.05) is 11.9 Å². The molecule has 104 valence electrons. The maximum atomic E-state index is 9.99. The average Bonchev–Trinajstić information content (AvgIpc) is 2.23. The van der Waals surface area contributed by atoms with Gasteiger partial charge in [0.25, 0.3) is 0 Å². The van der Waals surface area contributed by atoms with Crippen LogP contribution in [0.1, 0.15) is 44.1 Å². The fraction of sp³-hybridized carbons (Fsp3) is 0.600. The van der Waals surface area contributed by atoms with E-state index in [1.807, 2.05) is 19.9 Å². The summed E-state index contributed by atoms with van der Waals surface area (Å²) in [6.45, 7) is 10.4. The Bertz CT molecular complexity index is 483. The lowest BCUT2D eigenvalue weighted by Crippen LogP contribution is -2.25. The van der Waals surface area contributed by atoms with Crippen molar-refractivity contribution < 1.29 is 5.11 Å². The van der Waals surface area contributed by atoms with Gasteiger partial charge in [0.15, 0.2) is 0 Å². The van der Waals surface area contributed by atoms with E-state index in [0.29, 0.717) is 18.5 Å². The van der Waals surface area contributed by atoms with Crippen molar-refractivity contribution in [1.29, 1.82) is 5.26 Å². The maximum absolute atomic E-state index is 9.99. The summed E-state index contributed by atoms with van der Waals surface area (Å²) in [4.78, 5) is 4.27. The normalized spacial score (nSPS) is 12.9. The third-order valence-electron chi connectivity index (χ3n) is 2.82. The topological polar surface area (TPSA) is 68.9 Å². The van der Waals surface area contributed by atoms with Gasteiger partial charge in [-0.05, 0) is 31.7 Å². The zero-order valence-corrected chi connectivity index (χ0v) is 12.4. The van der Waals surface area contributed by atoms with Gasteiger partial charge in [-0.15, -0.1) is 0 Å². The molecule has 4 nitrogen and oxygen atoms in total. The van der Waals surface area contributed by atoms with Gasteiger partial charge >= 0.3 is 0 Å². The minimum Gasteiger partial charge on any atom is -0.391 e. The quantitative estimate of drug-likeness (QED) is 0.874. The van der Waals surface area contributed by atoms with Gasteiger partial charge in [-0.1, -0.05) is 20.8 Å². The molecule has 1 aromatic heterocycles. The Balaban J connectivity index is 2.76. The lowest BCUT2D eigenvalue weighted by atomic mass is 9.89. The Morgan fingerprint density at radius 2 is 2.05 bits per heavy atom. The summed E-state index contributed by atoms with van der Waals surface area (Å²) in [7, 11) is 0. The Kier molecular flexibility index (Phi) is 4.90. The fourth-order valence-electron chi connectivity index (χ4n) is 2.12. The second kappa shape index (κ2) is 6.03. The van der Waals surface area contributed by atoms with Crippen molar-refractivity contribution >= 4 is 5.69 Å². The number of nitrogens with one attached hydrogen (secondary N) is 1. The van der Waals surface area contributed by atoms with Crippen molar-refractivity contribution in [3.05, 3.63) is 23.0 Å². The largest absolute Gasteiger partial charge is 0.391 e. The van der Waals surface area contributed by atoms with E-state index >= 15 is 0 Å². The first-order valence-corrected chi connectivity index (χ1v) is 6.53. The number of hydrogen-bond donors (Lipinski definition) is 2. The number of nitrogens with zero attached hydrogens (tertiary/aromatic N) is 2. The van der Waals surface area contributed by atoms with E-state index in [9.17, 15) is 5.11 Å². The number of aromatic nitrogens is 1. The van der Waals surface area contributed by atoms with Crippen LogP contribution in [-0.4, -0.2) is 22.7 Å². The van der Waals surface area contributed by atoms with Crippen molar-refractivity contribution in [3.63, 3.8) is 0 Å². The van der Waals surface area contributed by atoms with Crippen LogP contribution in [0.4, 0.5) is 5.69 Å². The van der Waals surface area contributed by atoms with Gasteiger partial charge in [0.2, 0.25) is 0 Å². The molecular formula is C15H23N3O. The van der Waals surface area contributed by atoms with Gasteiger partial charge in [-0.2, -0.15) is 5.26 Å². The van der Waals surface area contributed by atoms with Crippen LogP contribution in [0.5, 0.6) is 0 Å². The van der Waals surface area contributed by atoms with E-state index < -0.39 is 6.10 Å².